The second-order valence-electron chi connectivity index (χ2n) is 7.89. The van der Waals surface area contributed by atoms with Crippen LogP contribution in [-0.4, -0.2) is 29.7 Å². The summed E-state index contributed by atoms with van der Waals surface area (Å²) in [7, 11) is 1.51. The van der Waals surface area contributed by atoms with Gasteiger partial charge in [0.1, 0.15) is 5.75 Å². The van der Waals surface area contributed by atoms with Crippen LogP contribution in [0.25, 0.3) is 11.1 Å². The number of amides is 1. The zero-order valence-electron chi connectivity index (χ0n) is 18.5. The Kier molecular flexibility index (Phi) is 5.74. The number of carbonyl (C=O) groups excluding carboxylic acids is 1. The van der Waals surface area contributed by atoms with Crippen LogP contribution in [0.5, 0.6) is 17.2 Å². The van der Waals surface area contributed by atoms with Gasteiger partial charge < -0.3 is 25.2 Å². The minimum absolute atomic E-state index is 0.0749. The van der Waals surface area contributed by atoms with Crippen molar-refractivity contribution in [1.82, 2.24) is 4.98 Å². The molecule has 0 spiro atoms. The van der Waals surface area contributed by atoms with Gasteiger partial charge in [0.2, 0.25) is 0 Å². The predicted molar refractivity (Wildman–Crippen MR) is 131 cm³/mol. The van der Waals surface area contributed by atoms with Crippen molar-refractivity contribution in [3.63, 3.8) is 0 Å². The summed E-state index contributed by atoms with van der Waals surface area (Å²) < 4.78 is 11.1. The first kappa shape index (κ1) is 21.3. The monoisotopic (exact) mass is 453 g/mol. The van der Waals surface area contributed by atoms with Crippen molar-refractivity contribution >= 4 is 23.0 Å². The molecule has 3 N–H and O–H groups in total. The van der Waals surface area contributed by atoms with Gasteiger partial charge in [-0.1, -0.05) is 18.2 Å². The maximum atomic E-state index is 12.9. The number of nitrogens with one attached hydrogen (secondary N) is 2. The summed E-state index contributed by atoms with van der Waals surface area (Å²) in [6.45, 7) is 0.505. The largest absolute Gasteiger partial charge is 0.504 e. The van der Waals surface area contributed by atoms with E-state index in [1.54, 1.807) is 30.5 Å². The van der Waals surface area contributed by atoms with Crippen molar-refractivity contribution in [1.29, 1.82) is 0 Å². The highest BCUT2D eigenvalue weighted by molar-refractivity contribution is 6.12. The number of methoxy groups -OCH3 is 1. The van der Waals surface area contributed by atoms with Gasteiger partial charge in [-0.3, -0.25) is 9.78 Å². The molecule has 0 aliphatic carbocycles. The molecule has 7 heteroatoms. The maximum Gasteiger partial charge on any atom is 0.257 e. The number of carbonyl (C=O) groups is 1. The zero-order valence-corrected chi connectivity index (χ0v) is 18.5. The third-order valence-corrected chi connectivity index (χ3v) is 5.67. The molecule has 0 saturated heterocycles. The minimum atomic E-state index is -0.205. The van der Waals surface area contributed by atoms with Gasteiger partial charge in [-0.15, -0.1) is 0 Å². The number of benzene rings is 3. The van der Waals surface area contributed by atoms with E-state index in [9.17, 15) is 9.90 Å². The fourth-order valence-corrected chi connectivity index (χ4v) is 3.88. The molecule has 0 saturated carbocycles. The number of pyridine rings is 1. The molecule has 3 aromatic carbocycles. The molecule has 0 radical (unpaired) electrons. The van der Waals surface area contributed by atoms with E-state index in [1.165, 1.54) is 7.11 Å². The smallest absolute Gasteiger partial charge is 0.257 e. The van der Waals surface area contributed by atoms with Gasteiger partial charge in [0.25, 0.3) is 5.91 Å². The van der Waals surface area contributed by atoms with Gasteiger partial charge >= 0.3 is 0 Å². The molecule has 1 aromatic heterocycles. The first-order valence-electron chi connectivity index (χ1n) is 10.9. The molecular formula is C27H23N3O4. The summed E-state index contributed by atoms with van der Waals surface area (Å²) in [5.74, 6) is 0.932. The fraction of sp³-hybridized carbons (Fsp3) is 0.111. The van der Waals surface area contributed by atoms with E-state index in [1.807, 2.05) is 48.7 Å². The van der Waals surface area contributed by atoms with Gasteiger partial charge in [-0.2, -0.15) is 0 Å². The Balaban J connectivity index is 1.37. The van der Waals surface area contributed by atoms with Crippen LogP contribution in [-0.2, 0) is 6.42 Å². The van der Waals surface area contributed by atoms with Crippen molar-refractivity contribution in [2.24, 2.45) is 0 Å². The Morgan fingerprint density at radius 2 is 1.76 bits per heavy atom. The SMILES string of the molecule is COc1cc(-c2ccc3c(c2)Nc2ccc(OCCc4cccnc4)cc2NC3=O)ccc1O. The second kappa shape index (κ2) is 9.15. The first-order chi connectivity index (χ1) is 16.6. The van der Waals surface area contributed by atoms with Crippen molar-refractivity contribution < 1.29 is 19.4 Å². The summed E-state index contributed by atoms with van der Waals surface area (Å²) in [4.78, 5) is 17.0. The van der Waals surface area contributed by atoms with E-state index in [-0.39, 0.29) is 11.7 Å². The molecule has 1 amide bonds. The number of phenolic OH excluding ortho intramolecular Hbond substituents is 1. The maximum absolute atomic E-state index is 12.9. The topological polar surface area (TPSA) is 92.7 Å². The molecular weight excluding hydrogens is 430 g/mol. The molecule has 34 heavy (non-hydrogen) atoms. The minimum Gasteiger partial charge on any atom is -0.504 e. The van der Waals surface area contributed by atoms with Crippen LogP contribution in [0.1, 0.15) is 15.9 Å². The number of aromatic nitrogens is 1. The van der Waals surface area contributed by atoms with E-state index >= 15 is 0 Å². The Bertz CT molecular complexity index is 1360. The molecule has 0 unspecified atom stereocenters. The van der Waals surface area contributed by atoms with Crippen molar-refractivity contribution in [2.45, 2.75) is 6.42 Å². The number of rotatable bonds is 6. The number of nitrogens with zero attached hydrogens (tertiary/aromatic N) is 1. The van der Waals surface area contributed by atoms with Gasteiger partial charge in [-0.05, 0) is 59.2 Å². The number of aromatic hydroxyl groups is 1. The zero-order chi connectivity index (χ0) is 23.5. The van der Waals surface area contributed by atoms with Crippen LogP contribution in [0.4, 0.5) is 17.1 Å². The normalized spacial score (nSPS) is 12.0. The van der Waals surface area contributed by atoms with Crippen molar-refractivity contribution in [3.05, 3.63) is 90.3 Å². The summed E-state index contributed by atoms with van der Waals surface area (Å²) >= 11 is 0. The number of ether oxygens (including phenoxy) is 2. The quantitative estimate of drug-likeness (QED) is 0.362. The lowest BCUT2D eigenvalue weighted by Crippen LogP contribution is -2.11. The highest BCUT2D eigenvalue weighted by Crippen LogP contribution is 2.38. The molecule has 1 aliphatic rings. The number of fused-ring (bicyclic) bond motifs is 2. The predicted octanol–water partition coefficient (Wildman–Crippen LogP) is 5.39. The van der Waals surface area contributed by atoms with Crippen LogP contribution in [0.15, 0.2) is 79.1 Å². The number of anilines is 3. The van der Waals surface area contributed by atoms with E-state index in [0.29, 0.717) is 35.0 Å². The third kappa shape index (κ3) is 4.36. The molecule has 170 valence electrons. The summed E-state index contributed by atoms with van der Waals surface area (Å²) in [6, 6.07) is 20.2. The lowest BCUT2D eigenvalue weighted by Gasteiger charge is -2.13. The molecule has 2 heterocycles. The molecule has 0 fully saturated rings. The molecule has 0 atom stereocenters. The highest BCUT2D eigenvalue weighted by atomic mass is 16.5. The number of phenols is 1. The third-order valence-electron chi connectivity index (χ3n) is 5.67. The highest BCUT2D eigenvalue weighted by Gasteiger charge is 2.20. The van der Waals surface area contributed by atoms with Crippen molar-refractivity contribution in [2.75, 3.05) is 24.4 Å². The molecule has 7 nitrogen and oxygen atoms in total. The molecule has 1 aliphatic heterocycles. The molecule has 0 bridgehead atoms. The fourth-order valence-electron chi connectivity index (χ4n) is 3.88. The Hall–Kier alpha value is -4.52. The van der Waals surface area contributed by atoms with Gasteiger partial charge in [0.15, 0.2) is 11.5 Å². The van der Waals surface area contributed by atoms with Crippen LogP contribution < -0.4 is 20.1 Å². The molecule has 5 rings (SSSR count). The van der Waals surface area contributed by atoms with Gasteiger partial charge in [0.05, 0.1) is 36.3 Å². The average Bonchev–Trinajstić information content (AvgIpc) is 3.00. The Morgan fingerprint density at radius 1 is 0.912 bits per heavy atom. The van der Waals surface area contributed by atoms with Crippen LogP contribution in [0.3, 0.4) is 0 Å². The van der Waals surface area contributed by atoms with E-state index in [4.69, 9.17) is 9.47 Å². The van der Waals surface area contributed by atoms with E-state index in [0.717, 1.165) is 28.8 Å². The van der Waals surface area contributed by atoms with Crippen LogP contribution in [0.2, 0.25) is 0 Å². The average molecular weight is 453 g/mol. The van der Waals surface area contributed by atoms with Crippen LogP contribution in [0, 0.1) is 0 Å². The number of hydrogen-bond acceptors (Lipinski definition) is 6. The van der Waals surface area contributed by atoms with Gasteiger partial charge in [0, 0.05) is 24.9 Å². The number of hydrogen-bond donors (Lipinski definition) is 3. The standard InChI is InChI=1S/C27H23N3O4/c1-33-26-14-19(5-9-25(26)31)18-4-7-21-23(13-18)29-22-8-6-20(15-24(22)30-27(21)32)34-12-10-17-3-2-11-28-16-17/h2-9,11,13-16,29,31H,10,12H2,1H3,(H,30,32). The van der Waals surface area contributed by atoms with Gasteiger partial charge in [-0.25, -0.2) is 0 Å². The lowest BCUT2D eigenvalue weighted by molar-refractivity contribution is 0.102. The van der Waals surface area contributed by atoms with E-state index < -0.39 is 0 Å². The summed E-state index contributed by atoms with van der Waals surface area (Å²) in [5.41, 5.74) is 5.48. The summed E-state index contributed by atoms with van der Waals surface area (Å²) in [6.07, 6.45) is 4.31. The second-order valence-corrected chi connectivity index (χ2v) is 7.89. The lowest BCUT2D eigenvalue weighted by atomic mass is 10.0. The van der Waals surface area contributed by atoms with Crippen molar-refractivity contribution in [3.8, 4) is 28.4 Å². The summed E-state index contributed by atoms with van der Waals surface area (Å²) in [5, 5.41) is 16.2. The van der Waals surface area contributed by atoms with E-state index in [2.05, 4.69) is 15.6 Å². The van der Waals surface area contributed by atoms with Crippen LogP contribution >= 0.6 is 0 Å². The molecule has 4 aromatic rings. The Morgan fingerprint density at radius 3 is 2.59 bits per heavy atom. The Labute approximate surface area is 197 Å². The first-order valence-corrected chi connectivity index (χ1v) is 10.9.